The quantitative estimate of drug-likeness (QED) is 0.866. The second-order valence-electron chi connectivity index (χ2n) is 5.06. The number of aromatic nitrogens is 2. The van der Waals surface area contributed by atoms with Crippen molar-refractivity contribution in [1.82, 2.24) is 9.78 Å². The Morgan fingerprint density at radius 2 is 2.27 bits per heavy atom. The summed E-state index contributed by atoms with van der Waals surface area (Å²) in [6.07, 6.45) is 6.65. The number of benzene rings is 1. The van der Waals surface area contributed by atoms with Crippen molar-refractivity contribution in [3.8, 4) is 23.3 Å². The maximum atomic E-state index is 8.91. The fraction of sp³-hybridized carbons (Fsp3) is 0.375. The summed E-state index contributed by atoms with van der Waals surface area (Å²) < 4.78 is 18.5. The molecule has 1 aliphatic rings. The highest BCUT2D eigenvalue weighted by atomic mass is 16.5. The van der Waals surface area contributed by atoms with Gasteiger partial charge in [0.05, 0.1) is 31.1 Å². The van der Waals surface area contributed by atoms with E-state index in [0.717, 1.165) is 25.9 Å². The van der Waals surface area contributed by atoms with Crippen molar-refractivity contribution < 1.29 is 14.2 Å². The molecule has 1 aliphatic heterocycles. The number of rotatable bonds is 4. The van der Waals surface area contributed by atoms with Gasteiger partial charge < -0.3 is 14.2 Å². The normalized spacial score (nSPS) is 17.7. The fourth-order valence-electron chi connectivity index (χ4n) is 2.41. The first-order chi connectivity index (χ1) is 10.8. The number of nitrogens with zero attached hydrogens (tertiary/aromatic N) is 3. The SMILES string of the molecule is COc1cc(C#N)ccc1Oc1cnn(C2CCCCO2)c1. The fourth-order valence-corrected chi connectivity index (χ4v) is 2.41. The Morgan fingerprint density at radius 1 is 1.36 bits per heavy atom. The third-order valence-corrected chi connectivity index (χ3v) is 3.55. The molecule has 1 atom stereocenters. The van der Waals surface area contributed by atoms with Gasteiger partial charge in [-0.05, 0) is 31.4 Å². The third-order valence-electron chi connectivity index (χ3n) is 3.55. The van der Waals surface area contributed by atoms with Crippen LogP contribution in [0.5, 0.6) is 17.2 Å². The number of hydrogen-bond acceptors (Lipinski definition) is 5. The van der Waals surface area contributed by atoms with Gasteiger partial charge >= 0.3 is 0 Å². The average Bonchev–Trinajstić information content (AvgIpc) is 3.04. The second kappa shape index (κ2) is 6.50. The van der Waals surface area contributed by atoms with E-state index in [9.17, 15) is 0 Å². The lowest BCUT2D eigenvalue weighted by Crippen LogP contribution is -2.18. The van der Waals surface area contributed by atoms with E-state index in [0.29, 0.717) is 22.8 Å². The Kier molecular flexibility index (Phi) is 4.26. The van der Waals surface area contributed by atoms with Crippen molar-refractivity contribution in [1.29, 1.82) is 5.26 Å². The molecule has 6 nitrogen and oxygen atoms in total. The molecule has 1 aromatic heterocycles. The van der Waals surface area contributed by atoms with Crippen LogP contribution in [0.3, 0.4) is 0 Å². The van der Waals surface area contributed by atoms with Crippen molar-refractivity contribution in [3.05, 3.63) is 36.2 Å². The van der Waals surface area contributed by atoms with Crippen LogP contribution >= 0.6 is 0 Å². The lowest BCUT2D eigenvalue weighted by Gasteiger charge is -2.22. The Labute approximate surface area is 128 Å². The molecule has 0 saturated carbocycles. The number of nitriles is 1. The summed E-state index contributed by atoms with van der Waals surface area (Å²) in [5, 5.41) is 13.2. The van der Waals surface area contributed by atoms with Crippen LogP contribution in [0.2, 0.25) is 0 Å². The first kappa shape index (κ1) is 14.4. The highest BCUT2D eigenvalue weighted by molar-refractivity contribution is 5.48. The van der Waals surface area contributed by atoms with E-state index in [1.54, 1.807) is 36.2 Å². The molecule has 2 heterocycles. The predicted octanol–water partition coefficient (Wildman–Crippen LogP) is 3.25. The molecule has 22 heavy (non-hydrogen) atoms. The standard InChI is InChI=1S/C16H17N3O3/c1-20-15-8-12(9-17)5-6-14(15)22-13-10-18-19(11-13)16-4-2-3-7-21-16/h5-6,8,10-11,16H,2-4,7H2,1H3. The van der Waals surface area contributed by atoms with Crippen LogP contribution in [-0.4, -0.2) is 23.5 Å². The van der Waals surface area contributed by atoms with E-state index < -0.39 is 0 Å². The van der Waals surface area contributed by atoms with Crippen molar-refractivity contribution >= 4 is 0 Å². The van der Waals surface area contributed by atoms with E-state index >= 15 is 0 Å². The summed E-state index contributed by atoms with van der Waals surface area (Å²) in [5.74, 6) is 1.67. The number of hydrogen-bond donors (Lipinski definition) is 0. The van der Waals surface area contributed by atoms with Gasteiger partial charge in [0.1, 0.15) is 6.23 Å². The molecule has 1 fully saturated rings. The zero-order valence-corrected chi connectivity index (χ0v) is 12.4. The second-order valence-corrected chi connectivity index (χ2v) is 5.06. The largest absolute Gasteiger partial charge is 0.493 e. The summed E-state index contributed by atoms with van der Waals surface area (Å²) >= 11 is 0. The zero-order valence-electron chi connectivity index (χ0n) is 12.4. The van der Waals surface area contributed by atoms with Crippen molar-refractivity contribution in [2.24, 2.45) is 0 Å². The molecule has 1 unspecified atom stereocenters. The summed E-state index contributed by atoms with van der Waals surface area (Å²) in [6, 6.07) is 7.12. The van der Waals surface area contributed by atoms with Crippen LogP contribution in [0.1, 0.15) is 31.1 Å². The van der Waals surface area contributed by atoms with Gasteiger partial charge in [-0.3, -0.25) is 0 Å². The van der Waals surface area contributed by atoms with Crippen LogP contribution in [0.15, 0.2) is 30.6 Å². The average molecular weight is 299 g/mol. The first-order valence-electron chi connectivity index (χ1n) is 7.22. The van der Waals surface area contributed by atoms with Crippen LogP contribution in [0.4, 0.5) is 0 Å². The molecule has 3 rings (SSSR count). The highest BCUT2D eigenvalue weighted by Crippen LogP contribution is 2.32. The maximum absolute atomic E-state index is 8.91. The van der Waals surface area contributed by atoms with Crippen LogP contribution in [-0.2, 0) is 4.74 Å². The lowest BCUT2D eigenvalue weighted by molar-refractivity contribution is -0.0395. The third kappa shape index (κ3) is 3.05. The topological polar surface area (TPSA) is 69.3 Å². The zero-order chi connectivity index (χ0) is 15.4. The van der Waals surface area contributed by atoms with Crippen molar-refractivity contribution in [2.45, 2.75) is 25.5 Å². The molecule has 6 heteroatoms. The van der Waals surface area contributed by atoms with E-state index in [4.69, 9.17) is 19.5 Å². The van der Waals surface area contributed by atoms with Gasteiger partial charge in [0.25, 0.3) is 0 Å². The molecule has 0 bridgehead atoms. The number of methoxy groups -OCH3 is 1. The minimum Gasteiger partial charge on any atom is -0.493 e. The minimum absolute atomic E-state index is 0.0195. The molecule has 0 N–H and O–H groups in total. The van der Waals surface area contributed by atoms with E-state index in [1.165, 1.54) is 0 Å². The Hall–Kier alpha value is -2.52. The van der Waals surface area contributed by atoms with Crippen molar-refractivity contribution in [3.63, 3.8) is 0 Å². The van der Waals surface area contributed by atoms with Gasteiger partial charge in [-0.25, -0.2) is 4.68 Å². The summed E-state index contributed by atoms with van der Waals surface area (Å²) in [5.41, 5.74) is 0.524. The Bertz CT molecular complexity index is 684. The number of ether oxygens (including phenoxy) is 3. The Balaban J connectivity index is 1.76. The van der Waals surface area contributed by atoms with E-state index in [2.05, 4.69) is 11.2 Å². The molecule has 1 saturated heterocycles. The molecule has 114 valence electrons. The molecule has 0 radical (unpaired) electrons. The predicted molar refractivity (Wildman–Crippen MR) is 78.9 cm³/mol. The first-order valence-corrected chi connectivity index (χ1v) is 7.22. The molecule has 2 aromatic rings. The van der Waals surface area contributed by atoms with Gasteiger partial charge in [0.15, 0.2) is 17.2 Å². The van der Waals surface area contributed by atoms with E-state index in [1.807, 2.05) is 6.20 Å². The molecule has 0 aliphatic carbocycles. The maximum Gasteiger partial charge on any atom is 0.169 e. The molecule has 0 spiro atoms. The Morgan fingerprint density at radius 3 is 3.00 bits per heavy atom. The van der Waals surface area contributed by atoms with Crippen LogP contribution in [0.25, 0.3) is 0 Å². The molecular formula is C16H17N3O3. The van der Waals surface area contributed by atoms with Crippen LogP contribution in [0, 0.1) is 11.3 Å². The van der Waals surface area contributed by atoms with E-state index in [-0.39, 0.29) is 6.23 Å². The molecule has 1 aromatic carbocycles. The van der Waals surface area contributed by atoms with Gasteiger partial charge in [-0.1, -0.05) is 0 Å². The van der Waals surface area contributed by atoms with Gasteiger partial charge in [0.2, 0.25) is 0 Å². The summed E-state index contributed by atoms with van der Waals surface area (Å²) in [7, 11) is 1.54. The minimum atomic E-state index is -0.0195. The summed E-state index contributed by atoms with van der Waals surface area (Å²) in [4.78, 5) is 0. The van der Waals surface area contributed by atoms with Gasteiger partial charge in [-0.15, -0.1) is 0 Å². The molecule has 0 amide bonds. The van der Waals surface area contributed by atoms with Crippen molar-refractivity contribution in [2.75, 3.05) is 13.7 Å². The molecular weight excluding hydrogens is 282 g/mol. The van der Waals surface area contributed by atoms with Gasteiger partial charge in [0, 0.05) is 12.7 Å². The monoisotopic (exact) mass is 299 g/mol. The smallest absolute Gasteiger partial charge is 0.169 e. The van der Waals surface area contributed by atoms with Crippen LogP contribution < -0.4 is 9.47 Å². The lowest BCUT2D eigenvalue weighted by atomic mass is 10.2. The van der Waals surface area contributed by atoms with Gasteiger partial charge in [-0.2, -0.15) is 10.4 Å². The highest BCUT2D eigenvalue weighted by Gasteiger charge is 2.17. The summed E-state index contributed by atoms with van der Waals surface area (Å²) in [6.45, 7) is 0.768.